The van der Waals surface area contributed by atoms with E-state index in [0.717, 1.165) is 85.8 Å². The van der Waals surface area contributed by atoms with Gasteiger partial charge >= 0.3 is 0 Å². The summed E-state index contributed by atoms with van der Waals surface area (Å²) >= 11 is 0. The summed E-state index contributed by atoms with van der Waals surface area (Å²) in [6, 6.07) is 72.9. The van der Waals surface area contributed by atoms with Crippen LogP contribution in [0.1, 0.15) is 23.2 Å². The third-order valence-corrected chi connectivity index (χ3v) is 11.7. The smallest absolute Gasteiger partial charge is 0.160 e. The van der Waals surface area contributed by atoms with Crippen molar-refractivity contribution in [1.29, 1.82) is 0 Å². The number of hydrogen-bond acceptors (Lipinski definition) is 3. The van der Waals surface area contributed by atoms with Crippen molar-refractivity contribution in [3.63, 3.8) is 0 Å². The number of fused-ring (bicyclic) bond motifs is 5. The van der Waals surface area contributed by atoms with Gasteiger partial charge in [-0.2, -0.15) is 0 Å². The molecule has 0 atom stereocenters. The SMILES string of the molecule is C1=C(/c2ccc(-c3ccc(-c4cc(-c5cccc(-c6ccccc6)c5)nc(-c5cccc(-c6ccccc6)c5)n4)cc3)cc2)c2c(nc3ccccn23)-c2ccccc2CC/1. The van der Waals surface area contributed by atoms with Gasteiger partial charge in [-0.1, -0.05) is 182 Å². The molecule has 4 nitrogen and oxygen atoms in total. The number of imidazole rings is 1. The maximum absolute atomic E-state index is 5.22. The second-order valence-electron chi connectivity index (χ2n) is 15.6. The van der Waals surface area contributed by atoms with Crippen molar-refractivity contribution >= 4 is 11.2 Å². The molecule has 3 aromatic heterocycles. The Balaban J connectivity index is 0.945. The van der Waals surface area contributed by atoms with Gasteiger partial charge in [-0.05, 0) is 87.7 Å². The van der Waals surface area contributed by atoms with Gasteiger partial charge in [-0.25, -0.2) is 15.0 Å². The maximum Gasteiger partial charge on any atom is 0.160 e. The number of hydrogen-bond donors (Lipinski definition) is 0. The lowest BCUT2D eigenvalue weighted by Crippen LogP contribution is -2.01. The molecule has 0 amide bonds. The Morgan fingerprint density at radius 3 is 1.61 bits per heavy atom. The molecule has 0 aliphatic heterocycles. The largest absolute Gasteiger partial charge is 0.299 e. The van der Waals surface area contributed by atoms with E-state index in [4.69, 9.17) is 15.0 Å². The molecule has 0 unspecified atom stereocenters. The van der Waals surface area contributed by atoms with Crippen LogP contribution in [0.25, 0.3) is 89.8 Å². The zero-order valence-corrected chi connectivity index (χ0v) is 33.5. The van der Waals surface area contributed by atoms with Crippen molar-refractivity contribution < 1.29 is 0 Å². The molecule has 0 fully saturated rings. The van der Waals surface area contributed by atoms with Crippen molar-refractivity contribution in [2.45, 2.75) is 12.8 Å². The average molecular weight is 781 g/mol. The Labute approximate surface area is 355 Å². The third-order valence-electron chi connectivity index (χ3n) is 11.7. The highest BCUT2D eigenvalue weighted by atomic mass is 15.0. The summed E-state index contributed by atoms with van der Waals surface area (Å²) in [7, 11) is 0. The summed E-state index contributed by atoms with van der Waals surface area (Å²) < 4.78 is 2.24. The molecule has 0 N–H and O–H groups in total. The second-order valence-corrected chi connectivity index (χ2v) is 15.6. The van der Waals surface area contributed by atoms with E-state index < -0.39 is 0 Å². The number of aryl methyl sites for hydroxylation is 1. The molecule has 1 aliphatic carbocycles. The van der Waals surface area contributed by atoms with Crippen LogP contribution in [0.5, 0.6) is 0 Å². The van der Waals surface area contributed by atoms with Crippen LogP contribution in [0.4, 0.5) is 0 Å². The lowest BCUT2D eigenvalue weighted by molar-refractivity contribution is 0.995. The first-order valence-corrected chi connectivity index (χ1v) is 20.9. The van der Waals surface area contributed by atoms with E-state index in [9.17, 15) is 0 Å². The van der Waals surface area contributed by atoms with E-state index in [2.05, 4.69) is 217 Å². The minimum Gasteiger partial charge on any atom is -0.299 e. The van der Waals surface area contributed by atoms with Gasteiger partial charge in [0, 0.05) is 34.0 Å². The third kappa shape index (κ3) is 7.04. The first-order valence-electron chi connectivity index (χ1n) is 20.9. The van der Waals surface area contributed by atoms with E-state index in [-0.39, 0.29) is 0 Å². The second kappa shape index (κ2) is 15.7. The van der Waals surface area contributed by atoms with Crippen molar-refractivity contribution in [3.05, 3.63) is 235 Å². The zero-order chi connectivity index (χ0) is 40.5. The molecule has 3 heterocycles. The van der Waals surface area contributed by atoms with Crippen LogP contribution in [0.3, 0.4) is 0 Å². The van der Waals surface area contributed by atoms with Crippen LogP contribution >= 0.6 is 0 Å². The molecular weight excluding hydrogens is 741 g/mol. The molecule has 0 radical (unpaired) electrons. The van der Waals surface area contributed by atoms with Gasteiger partial charge in [0.1, 0.15) is 5.65 Å². The lowest BCUT2D eigenvalue weighted by atomic mass is 9.90. The number of nitrogens with zero attached hydrogens (tertiary/aromatic N) is 4. The predicted molar refractivity (Wildman–Crippen MR) is 251 cm³/mol. The van der Waals surface area contributed by atoms with Gasteiger partial charge in [-0.15, -0.1) is 0 Å². The highest BCUT2D eigenvalue weighted by molar-refractivity contribution is 5.90. The van der Waals surface area contributed by atoms with Gasteiger partial charge < -0.3 is 0 Å². The molecule has 1 aliphatic rings. The minimum absolute atomic E-state index is 0.691. The summed E-state index contributed by atoms with van der Waals surface area (Å²) in [5, 5.41) is 0. The Morgan fingerprint density at radius 1 is 0.377 bits per heavy atom. The molecule has 10 aromatic rings. The van der Waals surface area contributed by atoms with Gasteiger partial charge in [0.05, 0.1) is 22.8 Å². The van der Waals surface area contributed by atoms with Crippen LogP contribution in [-0.4, -0.2) is 19.4 Å². The molecule has 0 saturated carbocycles. The molecule has 4 heteroatoms. The summed E-state index contributed by atoms with van der Waals surface area (Å²) in [4.78, 5) is 15.6. The summed E-state index contributed by atoms with van der Waals surface area (Å²) in [5.74, 6) is 0.691. The molecule has 7 aromatic carbocycles. The van der Waals surface area contributed by atoms with Crippen LogP contribution in [0.15, 0.2) is 219 Å². The quantitative estimate of drug-likeness (QED) is 0.162. The number of aromatic nitrogens is 4. The average Bonchev–Trinajstić information content (AvgIpc) is 3.71. The summed E-state index contributed by atoms with van der Waals surface area (Å²) in [6.45, 7) is 0. The minimum atomic E-state index is 0.691. The molecule has 0 spiro atoms. The van der Waals surface area contributed by atoms with E-state index in [1.165, 1.54) is 27.8 Å². The lowest BCUT2D eigenvalue weighted by Gasteiger charge is -2.16. The zero-order valence-electron chi connectivity index (χ0n) is 33.5. The fourth-order valence-corrected chi connectivity index (χ4v) is 8.64. The Bertz CT molecular complexity index is 3120. The normalized spacial score (nSPS) is 13.1. The van der Waals surface area contributed by atoms with Crippen molar-refractivity contribution in [3.8, 4) is 78.5 Å². The molecule has 11 rings (SSSR count). The highest BCUT2D eigenvalue weighted by Crippen LogP contribution is 2.39. The molecule has 0 bridgehead atoms. The summed E-state index contributed by atoms with van der Waals surface area (Å²) in [6.07, 6.45) is 6.45. The van der Waals surface area contributed by atoms with Crippen molar-refractivity contribution in [2.75, 3.05) is 0 Å². The van der Waals surface area contributed by atoms with Gasteiger partial charge in [0.2, 0.25) is 0 Å². The predicted octanol–water partition coefficient (Wildman–Crippen LogP) is 14.2. The fourth-order valence-electron chi connectivity index (χ4n) is 8.64. The number of benzene rings is 7. The van der Waals surface area contributed by atoms with Crippen LogP contribution in [0.2, 0.25) is 0 Å². The molecule has 288 valence electrons. The number of rotatable bonds is 7. The van der Waals surface area contributed by atoms with Gasteiger partial charge in [-0.3, -0.25) is 4.40 Å². The van der Waals surface area contributed by atoms with Crippen molar-refractivity contribution in [1.82, 2.24) is 19.4 Å². The van der Waals surface area contributed by atoms with Crippen LogP contribution < -0.4 is 0 Å². The van der Waals surface area contributed by atoms with Gasteiger partial charge in [0.15, 0.2) is 5.82 Å². The summed E-state index contributed by atoms with van der Waals surface area (Å²) in [5.41, 5.74) is 19.8. The number of allylic oxidation sites excluding steroid dienone is 1. The fraction of sp³-hybridized carbons (Fsp3) is 0.0351. The maximum atomic E-state index is 5.22. The highest BCUT2D eigenvalue weighted by Gasteiger charge is 2.22. The van der Waals surface area contributed by atoms with Crippen molar-refractivity contribution in [2.24, 2.45) is 0 Å². The Morgan fingerprint density at radius 2 is 0.902 bits per heavy atom. The van der Waals surface area contributed by atoms with E-state index in [0.29, 0.717) is 5.82 Å². The standard InChI is InChI=1S/C57H40N4/c1-3-14-39(15-4-1)46-20-11-22-48(36-46)53-38-52(58-57(59-53)49-23-12-21-47(37-49)40-16-5-2-6-17-40)45-33-29-42(30-34-45)41-27-31-44(32-28-41)51-25-13-19-43-18-7-8-24-50(43)55-56(51)61-35-10-9-26-54(61)60-55/h1-12,14-18,20-38H,13,19H2/b51-25-. The topological polar surface area (TPSA) is 43.1 Å². The van der Waals surface area contributed by atoms with Gasteiger partial charge in [0.25, 0.3) is 0 Å². The number of pyridine rings is 1. The first kappa shape index (κ1) is 36.2. The van der Waals surface area contributed by atoms with E-state index >= 15 is 0 Å². The first-order chi connectivity index (χ1) is 30.2. The molecule has 0 saturated heterocycles. The Hall–Kier alpha value is -7.95. The van der Waals surface area contributed by atoms with E-state index in [1.54, 1.807) is 0 Å². The van der Waals surface area contributed by atoms with E-state index in [1.807, 2.05) is 6.07 Å². The monoisotopic (exact) mass is 780 g/mol. The Kier molecular flexibility index (Phi) is 9.29. The van der Waals surface area contributed by atoms with Crippen LogP contribution in [0, 0.1) is 0 Å². The van der Waals surface area contributed by atoms with Crippen LogP contribution in [-0.2, 0) is 6.42 Å². The molecule has 61 heavy (non-hydrogen) atoms. The molecular formula is C57H40N4.